The molecule has 2 saturated heterocycles. The van der Waals surface area contributed by atoms with E-state index in [9.17, 15) is 0 Å². The van der Waals surface area contributed by atoms with Crippen molar-refractivity contribution < 1.29 is 4.74 Å². The van der Waals surface area contributed by atoms with E-state index in [-0.39, 0.29) is 0 Å². The molecule has 4 heteroatoms. The Hall–Kier alpha value is -0.220. The van der Waals surface area contributed by atoms with Crippen LogP contribution < -0.4 is 5.32 Å². The van der Waals surface area contributed by atoms with Crippen LogP contribution in [0.5, 0.6) is 0 Å². The van der Waals surface area contributed by atoms with Gasteiger partial charge in [0.25, 0.3) is 0 Å². The second-order valence-corrected chi connectivity index (χ2v) is 6.77. The van der Waals surface area contributed by atoms with E-state index in [0.29, 0.717) is 11.5 Å². The Balaban J connectivity index is 1.87. The highest BCUT2D eigenvalue weighted by molar-refractivity contribution is 8.13. The summed E-state index contributed by atoms with van der Waals surface area (Å²) in [5, 5.41) is 4.65. The highest BCUT2D eigenvalue weighted by Gasteiger charge is 2.28. The zero-order valence-corrected chi connectivity index (χ0v) is 12.0. The van der Waals surface area contributed by atoms with Crippen molar-refractivity contribution in [1.82, 2.24) is 5.32 Å². The van der Waals surface area contributed by atoms with Crippen molar-refractivity contribution in [2.75, 3.05) is 25.5 Å². The smallest absolute Gasteiger partial charge is 0.156 e. The summed E-state index contributed by atoms with van der Waals surface area (Å²) in [4.78, 5) is 4.78. The Bertz CT molecular complexity index is 287. The number of ether oxygens (including phenoxy) is 1. The first-order valence-corrected chi connectivity index (χ1v) is 7.59. The first-order chi connectivity index (χ1) is 8.09. The van der Waals surface area contributed by atoms with Crippen molar-refractivity contribution in [2.24, 2.45) is 16.3 Å². The molecule has 2 rings (SSSR count). The van der Waals surface area contributed by atoms with Gasteiger partial charge in [-0.1, -0.05) is 25.6 Å². The third kappa shape index (κ3) is 3.62. The van der Waals surface area contributed by atoms with E-state index in [4.69, 9.17) is 9.73 Å². The second kappa shape index (κ2) is 5.61. The number of amidine groups is 1. The molecule has 98 valence electrons. The van der Waals surface area contributed by atoms with E-state index in [0.717, 1.165) is 43.7 Å². The number of nitrogens with one attached hydrogen (secondary N) is 1. The molecule has 2 aliphatic heterocycles. The molecule has 0 radical (unpaired) electrons. The molecule has 17 heavy (non-hydrogen) atoms. The molecule has 0 amide bonds. The Morgan fingerprint density at radius 2 is 2.12 bits per heavy atom. The summed E-state index contributed by atoms with van der Waals surface area (Å²) in [5.74, 6) is 1.92. The van der Waals surface area contributed by atoms with Gasteiger partial charge >= 0.3 is 0 Å². The Kier molecular flexibility index (Phi) is 4.36. The van der Waals surface area contributed by atoms with Crippen LogP contribution in [0, 0.1) is 11.3 Å². The number of rotatable bonds is 2. The Labute approximate surface area is 109 Å². The average molecular weight is 256 g/mol. The lowest BCUT2D eigenvalue weighted by atomic mass is 9.83. The molecular formula is C13H24N2OS. The van der Waals surface area contributed by atoms with Crippen LogP contribution in [0.4, 0.5) is 0 Å². The summed E-state index contributed by atoms with van der Waals surface area (Å²) in [6.07, 6.45) is 2.28. The Morgan fingerprint density at radius 1 is 1.41 bits per heavy atom. The van der Waals surface area contributed by atoms with Gasteiger partial charge in [-0.15, -0.1) is 0 Å². The molecule has 2 fully saturated rings. The summed E-state index contributed by atoms with van der Waals surface area (Å²) in [5.41, 5.74) is 0.347. The molecule has 0 aromatic heterocycles. The van der Waals surface area contributed by atoms with Gasteiger partial charge in [-0.05, 0) is 31.1 Å². The molecule has 0 saturated carbocycles. The predicted molar refractivity (Wildman–Crippen MR) is 74.7 cm³/mol. The fraction of sp³-hybridized carbons (Fsp3) is 0.923. The van der Waals surface area contributed by atoms with E-state index in [1.54, 1.807) is 0 Å². The normalized spacial score (nSPS) is 35.6. The maximum Gasteiger partial charge on any atom is 0.156 e. The number of hydrogen-bond donors (Lipinski definition) is 1. The summed E-state index contributed by atoms with van der Waals surface area (Å²) in [6.45, 7) is 9.61. The van der Waals surface area contributed by atoms with E-state index < -0.39 is 0 Å². The molecule has 2 atom stereocenters. The van der Waals surface area contributed by atoms with Crippen molar-refractivity contribution in [1.29, 1.82) is 0 Å². The van der Waals surface area contributed by atoms with E-state index in [1.807, 2.05) is 11.8 Å². The zero-order valence-electron chi connectivity index (χ0n) is 11.2. The lowest BCUT2D eigenvalue weighted by molar-refractivity contribution is 0.0283. The maximum atomic E-state index is 5.42. The molecular weight excluding hydrogens is 232 g/mol. The van der Waals surface area contributed by atoms with Crippen LogP contribution in [-0.2, 0) is 4.74 Å². The SMILES string of the molecule is CC1CSC(=NCC2(C)CCOCC2)NC1C. The van der Waals surface area contributed by atoms with Crippen LogP contribution in [0.2, 0.25) is 0 Å². The fourth-order valence-corrected chi connectivity index (χ4v) is 3.24. The molecule has 2 aliphatic rings. The zero-order chi connectivity index (χ0) is 12.3. The second-order valence-electron chi connectivity index (χ2n) is 5.77. The summed E-state index contributed by atoms with van der Waals surface area (Å²) in [6, 6.07) is 0.553. The van der Waals surface area contributed by atoms with Gasteiger partial charge in [-0.3, -0.25) is 4.99 Å². The van der Waals surface area contributed by atoms with Gasteiger partial charge in [-0.2, -0.15) is 0 Å². The van der Waals surface area contributed by atoms with E-state index >= 15 is 0 Å². The molecule has 0 aromatic rings. The molecule has 0 bridgehead atoms. The number of nitrogens with zero attached hydrogens (tertiary/aromatic N) is 1. The van der Waals surface area contributed by atoms with Gasteiger partial charge in [0.05, 0.1) is 0 Å². The number of hydrogen-bond acceptors (Lipinski definition) is 3. The molecule has 0 aromatic carbocycles. The Morgan fingerprint density at radius 3 is 2.76 bits per heavy atom. The maximum absolute atomic E-state index is 5.42. The molecule has 2 heterocycles. The standard InChI is InChI=1S/C13H24N2OS/c1-10-8-17-12(15-11(10)2)14-9-13(3)4-6-16-7-5-13/h10-11H,4-9H2,1-3H3,(H,14,15). The van der Waals surface area contributed by atoms with Crippen LogP contribution >= 0.6 is 11.8 Å². The summed E-state index contributed by atoms with van der Waals surface area (Å²) < 4.78 is 5.42. The third-order valence-electron chi connectivity index (χ3n) is 3.99. The molecule has 1 N–H and O–H groups in total. The van der Waals surface area contributed by atoms with E-state index in [2.05, 4.69) is 26.1 Å². The van der Waals surface area contributed by atoms with Crippen LogP contribution in [0.15, 0.2) is 4.99 Å². The van der Waals surface area contributed by atoms with Crippen molar-refractivity contribution >= 4 is 16.9 Å². The quantitative estimate of drug-likeness (QED) is 0.824. The van der Waals surface area contributed by atoms with Crippen molar-refractivity contribution in [2.45, 2.75) is 39.7 Å². The largest absolute Gasteiger partial charge is 0.381 e. The van der Waals surface area contributed by atoms with E-state index in [1.165, 1.54) is 5.75 Å². The van der Waals surface area contributed by atoms with Crippen molar-refractivity contribution in [3.63, 3.8) is 0 Å². The third-order valence-corrected chi connectivity index (χ3v) is 5.20. The van der Waals surface area contributed by atoms with Crippen LogP contribution in [0.3, 0.4) is 0 Å². The highest BCUT2D eigenvalue weighted by atomic mass is 32.2. The van der Waals surface area contributed by atoms with Gasteiger partial charge in [0, 0.05) is 31.6 Å². The molecule has 0 spiro atoms. The minimum atomic E-state index is 0.347. The molecule has 0 aliphatic carbocycles. The van der Waals surface area contributed by atoms with Gasteiger partial charge in [0.1, 0.15) is 0 Å². The number of thioether (sulfide) groups is 1. The first kappa shape index (κ1) is 13.2. The summed E-state index contributed by atoms with van der Waals surface area (Å²) in [7, 11) is 0. The molecule has 3 nitrogen and oxygen atoms in total. The predicted octanol–water partition coefficient (Wildman–Crippen LogP) is 2.52. The minimum Gasteiger partial charge on any atom is -0.381 e. The fourth-order valence-electron chi connectivity index (χ4n) is 2.11. The van der Waals surface area contributed by atoms with Crippen molar-refractivity contribution in [3.8, 4) is 0 Å². The topological polar surface area (TPSA) is 33.6 Å². The van der Waals surface area contributed by atoms with Gasteiger partial charge < -0.3 is 10.1 Å². The monoisotopic (exact) mass is 256 g/mol. The first-order valence-electron chi connectivity index (χ1n) is 6.61. The van der Waals surface area contributed by atoms with Gasteiger partial charge in [0.15, 0.2) is 5.17 Å². The lowest BCUT2D eigenvalue weighted by Gasteiger charge is -2.33. The number of aliphatic imine (C=N–C) groups is 1. The minimum absolute atomic E-state index is 0.347. The van der Waals surface area contributed by atoms with Gasteiger partial charge in [-0.25, -0.2) is 0 Å². The van der Waals surface area contributed by atoms with Crippen LogP contribution in [-0.4, -0.2) is 36.7 Å². The summed E-state index contributed by atoms with van der Waals surface area (Å²) >= 11 is 1.87. The highest BCUT2D eigenvalue weighted by Crippen LogP contribution is 2.30. The van der Waals surface area contributed by atoms with Crippen LogP contribution in [0.25, 0.3) is 0 Å². The average Bonchev–Trinajstić information content (AvgIpc) is 2.32. The lowest BCUT2D eigenvalue weighted by Crippen LogP contribution is -2.42. The van der Waals surface area contributed by atoms with Crippen molar-refractivity contribution in [3.05, 3.63) is 0 Å². The van der Waals surface area contributed by atoms with Gasteiger partial charge in [0.2, 0.25) is 0 Å². The molecule has 2 unspecified atom stereocenters. The van der Waals surface area contributed by atoms with Crippen LogP contribution in [0.1, 0.15) is 33.6 Å².